The van der Waals surface area contributed by atoms with Crippen LogP contribution in [0.2, 0.25) is 0 Å². The van der Waals surface area contributed by atoms with Crippen LogP contribution in [0.4, 0.5) is 0 Å². The van der Waals surface area contributed by atoms with Gasteiger partial charge in [-0.3, -0.25) is 4.79 Å². The smallest absolute Gasteiger partial charge is 0.223 e. The van der Waals surface area contributed by atoms with E-state index < -0.39 is 0 Å². The molecule has 0 bridgehead atoms. The van der Waals surface area contributed by atoms with E-state index in [1.54, 1.807) is 0 Å². The Labute approximate surface area is 170 Å². The summed E-state index contributed by atoms with van der Waals surface area (Å²) in [6.07, 6.45) is 5.82. The first kappa shape index (κ1) is 21.6. The normalized spacial score (nSPS) is 18.9. The summed E-state index contributed by atoms with van der Waals surface area (Å²) in [5, 5.41) is 9.96. The average Bonchev–Trinajstić information content (AvgIpc) is 2.56. The minimum Gasteiger partial charge on any atom is -0.665 e. The van der Waals surface area contributed by atoms with Gasteiger partial charge in [0.15, 0.2) is 0 Å². The zero-order chi connectivity index (χ0) is 16.7. The maximum absolute atomic E-state index is 12.4. The van der Waals surface area contributed by atoms with Crippen molar-refractivity contribution < 1.29 is 47.3 Å². The zero-order valence-corrected chi connectivity index (χ0v) is 17.5. The number of piperidine rings is 1. The summed E-state index contributed by atoms with van der Waals surface area (Å²) in [5.41, 5.74) is 1.06. The molecule has 5 heteroatoms. The van der Waals surface area contributed by atoms with Crippen LogP contribution < -0.4 is 4.74 Å². The molecule has 1 heterocycles. The monoisotopic (exact) mass is 407 g/mol. The number of carbonyl (C=O) groups is 1. The van der Waals surface area contributed by atoms with Crippen molar-refractivity contribution in [2.75, 3.05) is 0 Å². The number of aliphatic hydroxyl groups is 1. The molecular weight excluding hydrogens is 379 g/mol. The third-order valence-electron chi connectivity index (χ3n) is 4.56. The molecule has 1 amide bonds. The van der Waals surface area contributed by atoms with Crippen molar-refractivity contribution in [3.05, 3.63) is 36.9 Å². The van der Waals surface area contributed by atoms with Crippen LogP contribution >= 0.6 is 0 Å². The number of ether oxygens (including phenoxy) is 1. The van der Waals surface area contributed by atoms with Crippen LogP contribution in [-0.2, 0) is 44.0 Å². The van der Waals surface area contributed by atoms with Crippen molar-refractivity contribution in [3.63, 3.8) is 0 Å². The van der Waals surface area contributed by atoms with Gasteiger partial charge >= 0.3 is 0 Å². The number of hydrogen-bond acceptors (Lipinski definition) is 3. The van der Waals surface area contributed by atoms with Gasteiger partial charge in [-0.2, -0.15) is 7.11 Å². The fourth-order valence-corrected chi connectivity index (χ4v) is 3.30. The zero-order valence-electron chi connectivity index (χ0n) is 14.6. The molecule has 0 saturated carbocycles. The van der Waals surface area contributed by atoms with Crippen molar-refractivity contribution in [2.24, 2.45) is 0 Å². The molecule has 4 nitrogen and oxygen atoms in total. The first-order chi connectivity index (χ1) is 11.1. The van der Waals surface area contributed by atoms with Crippen LogP contribution in [0, 0.1) is 7.11 Å². The van der Waals surface area contributed by atoms with E-state index in [9.17, 15) is 9.90 Å². The Kier molecular flexibility index (Phi) is 10.1. The Bertz CT molecular complexity index is 509. The Balaban J connectivity index is 0.00000288. The second-order valence-electron chi connectivity index (χ2n) is 6.38. The van der Waals surface area contributed by atoms with E-state index in [1.165, 1.54) is 0 Å². The van der Waals surface area contributed by atoms with E-state index in [0.717, 1.165) is 44.1 Å². The number of rotatable bonds is 8. The molecule has 0 aliphatic carbocycles. The predicted molar refractivity (Wildman–Crippen MR) is 90.8 cm³/mol. The largest absolute Gasteiger partial charge is 0.665 e. The van der Waals surface area contributed by atoms with Gasteiger partial charge in [-0.1, -0.05) is 25.5 Å². The van der Waals surface area contributed by atoms with E-state index in [0.29, 0.717) is 18.7 Å². The third-order valence-corrected chi connectivity index (χ3v) is 4.56. The van der Waals surface area contributed by atoms with Gasteiger partial charge in [0.1, 0.15) is 0 Å². The van der Waals surface area contributed by atoms with E-state index >= 15 is 0 Å². The quantitative estimate of drug-likeness (QED) is 0.669. The van der Waals surface area contributed by atoms with Gasteiger partial charge in [0.05, 0.1) is 11.9 Å². The SMILES string of the molecule is [CH2-]Oc1cccc(CN2C(=O)CCCC2CCC(O)CCC)c1.[Y]. The second-order valence-corrected chi connectivity index (χ2v) is 6.38. The molecule has 0 aromatic heterocycles. The molecule has 131 valence electrons. The maximum atomic E-state index is 12.4. The molecule has 1 aliphatic heterocycles. The summed E-state index contributed by atoms with van der Waals surface area (Å²) in [7, 11) is 3.43. The van der Waals surface area contributed by atoms with Gasteiger partial charge in [-0.25, -0.2) is 0 Å². The molecule has 1 aliphatic rings. The Morgan fingerprint density at radius 1 is 1.42 bits per heavy atom. The summed E-state index contributed by atoms with van der Waals surface area (Å²) >= 11 is 0. The van der Waals surface area contributed by atoms with Crippen molar-refractivity contribution in [1.29, 1.82) is 0 Å². The minimum atomic E-state index is -0.248. The van der Waals surface area contributed by atoms with Crippen LogP contribution in [0.1, 0.15) is 57.4 Å². The molecule has 1 fully saturated rings. The Hall–Kier alpha value is -0.446. The number of hydrogen-bond donors (Lipinski definition) is 1. The molecule has 1 radical (unpaired) electrons. The van der Waals surface area contributed by atoms with Crippen molar-refractivity contribution in [3.8, 4) is 5.75 Å². The molecule has 0 spiro atoms. The van der Waals surface area contributed by atoms with Crippen LogP contribution in [-0.4, -0.2) is 28.1 Å². The van der Waals surface area contributed by atoms with Crippen LogP contribution in [0.5, 0.6) is 5.75 Å². The summed E-state index contributed by atoms with van der Waals surface area (Å²) in [4.78, 5) is 14.3. The van der Waals surface area contributed by atoms with Gasteiger partial charge in [-0.15, -0.1) is 0 Å². The number of likely N-dealkylation sites (tertiary alicyclic amines) is 1. The number of nitrogens with zero attached hydrogens (tertiary/aromatic N) is 1. The Morgan fingerprint density at radius 2 is 2.21 bits per heavy atom. The molecule has 1 N–H and O–H groups in total. The number of carbonyl (C=O) groups excluding carboxylic acids is 1. The summed E-state index contributed by atoms with van der Waals surface area (Å²) < 4.78 is 5.02. The van der Waals surface area contributed by atoms with Gasteiger partial charge in [-0.05, 0) is 49.8 Å². The van der Waals surface area contributed by atoms with E-state index in [-0.39, 0.29) is 50.8 Å². The molecule has 2 rings (SSSR count). The van der Waals surface area contributed by atoms with Crippen LogP contribution in [0.15, 0.2) is 24.3 Å². The number of amides is 1. The maximum Gasteiger partial charge on any atom is 0.223 e. The Morgan fingerprint density at radius 3 is 2.92 bits per heavy atom. The topological polar surface area (TPSA) is 49.8 Å². The van der Waals surface area contributed by atoms with E-state index in [2.05, 4.69) is 14.0 Å². The van der Waals surface area contributed by atoms with E-state index in [4.69, 9.17) is 4.74 Å². The number of aliphatic hydroxyl groups excluding tert-OH is 1. The van der Waals surface area contributed by atoms with Gasteiger partial charge < -0.3 is 14.7 Å². The molecule has 2 unspecified atom stereocenters. The number of benzene rings is 1. The van der Waals surface area contributed by atoms with Crippen molar-refractivity contribution in [1.82, 2.24) is 4.90 Å². The van der Waals surface area contributed by atoms with E-state index in [1.807, 2.05) is 29.2 Å². The van der Waals surface area contributed by atoms with Crippen LogP contribution in [0.25, 0.3) is 0 Å². The van der Waals surface area contributed by atoms with Gasteiger partial charge in [0, 0.05) is 51.7 Å². The fourth-order valence-electron chi connectivity index (χ4n) is 3.30. The first-order valence-corrected chi connectivity index (χ1v) is 8.62. The standard InChI is InChI=1S/C19H28NO3.Y/c1-3-6-17(21)12-11-16-8-5-10-19(22)20(16)14-15-7-4-9-18(13-15)23-2;/h4,7,9,13,16-17,21H,2-3,5-6,8,10-12,14H2,1H3;/q-1;. The summed E-state index contributed by atoms with van der Waals surface area (Å²) in [6.45, 7) is 2.68. The second kappa shape index (κ2) is 11.2. The average molecular weight is 407 g/mol. The predicted octanol–water partition coefficient (Wildman–Crippen LogP) is 3.68. The van der Waals surface area contributed by atoms with Gasteiger partial charge in [0.25, 0.3) is 0 Å². The third kappa shape index (κ3) is 6.46. The van der Waals surface area contributed by atoms with Gasteiger partial charge in [0.2, 0.25) is 5.91 Å². The van der Waals surface area contributed by atoms with Crippen LogP contribution in [0.3, 0.4) is 0 Å². The molecular formula is C19H28NO3Y-. The fraction of sp³-hybridized carbons (Fsp3) is 0.579. The molecule has 1 aromatic rings. The summed E-state index contributed by atoms with van der Waals surface area (Å²) in [5.74, 6) is 0.925. The minimum absolute atomic E-state index is 0. The van der Waals surface area contributed by atoms with Crippen molar-refractivity contribution in [2.45, 2.75) is 70.6 Å². The first-order valence-electron chi connectivity index (χ1n) is 8.62. The molecule has 2 atom stereocenters. The summed E-state index contributed by atoms with van der Waals surface area (Å²) in [6, 6.07) is 7.94. The van der Waals surface area contributed by atoms with Crippen molar-refractivity contribution >= 4 is 5.91 Å². The molecule has 24 heavy (non-hydrogen) atoms. The molecule has 1 aromatic carbocycles. The molecule has 1 saturated heterocycles.